The van der Waals surface area contributed by atoms with E-state index < -0.39 is 0 Å². The largest absolute Gasteiger partial charge is 0.466 e. The van der Waals surface area contributed by atoms with Crippen molar-refractivity contribution in [2.24, 2.45) is 0 Å². The molecule has 0 aliphatic rings. The zero-order valence-electron chi connectivity index (χ0n) is 17.7. The molecule has 9 heteroatoms. The number of thiazole rings is 1. The van der Waals surface area contributed by atoms with Crippen molar-refractivity contribution in [2.75, 3.05) is 17.2 Å². The molecule has 0 unspecified atom stereocenters. The van der Waals surface area contributed by atoms with Gasteiger partial charge in [-0.15, -0.1) is 11.3 Å². The third kappa shape index (κ3) is 5.44. The summed E-state index contributed by atoms with van der Waals surface area (Å²) in [7, 11) is 0. The lowest BCUT2D eigenvalue weighted by Gasteiger charge is -2.11. The van der Waals surface area contributed by atoms with Gasteiger partial charge in [0.25, 0.3) is 0 Å². The minimum atomic E-state index is -0.278. The first kappa shape index (κ1) is 21.4. The first-order valence-electron chi connectivity index (χ1n) is 10.1. The molecule has 4 aromatic rings. The Morgan fingerprint density at radius 3 is 2.84 bits per heavy atom. The fourth-order valence-electron chi connectivity index (χ4n) is 2.98. The van der Waals surface area contributed by atoms with E-state index in [9.17, 15) is 4.79 Å². The van der Waals surface area contributed by atoms with Crippen LogP contribution in [-0.2, 0) is 16.0 Å². The summed E-state index contributed by atoms with van der Waals surface area (Å²) in [5, 5.41) is 9.13. The molecule has 0 fully saturated rings. The number of pyridine rings is 1. The molecule has 1 aromatic carbocycles. The Balaban J connectivity index is 1.48. The van der Waals surface area contributed by atoms with Gasteiger partial charge >= 0.3 is 5.97 Å². The summed E-state index contributed by atoms with van der Waals surface area (Å²) in [6, 6.07) is 11.6. The molecule has 0 radical (unpaired) electrons. The van der Waals surface area contributed by atoms with E-state index in [1.54, 1.807) is 25.5 Å². The number of carbonyl (C=O) groups excluding carboxylic acids is 1. The zero-order chi connectivity index (χ0) is 22.3. The van der Waals surface area contributed by atoms with E-state index in [1.165, 1.54) is 11.3 Å². The Labute approximate surface area is 189 Å². The SMILES string of the molecule is CCOC(=O)Cc1csc(Nc2ccc(C)c(Nc3nccc(-c4cccnc4)n3)c2)n1. The normalized spacial score (nSPS) is 10.6. The lowest BCUT2D eigenvalue weighted by atomic mass is 10.2. The molecule has 0 saturated carbocycles. The maximum Gasteiger partial charge on any atom is 0.311 e. The second-order valence-corrected chi connectivity index (χ2v) is 7.77. The highest BCUT2D eigenvalue weighted by Gasteiger charge is 2.10. The van der Waals surface area contributed by atoms with Crippen molar-refractivity contribution in [3.05, 3.63) is 71.6 Å². The number of hydrogen-bond acceptors (Lipinski definition) is 9. The van der Waals surface area contributed by atoms with Gasteiger partial charge in [0.05, 0.1) is 24.4 Å². The standard InChI is InChI=1S/C23H22N6O2S/c1-3-31-21(30)12-18-14-32-23(27-18)26-17-7-6-15(2)20(11-17)29-22-25-10-8-19(28-22)16-5-4-9-24-13-16/h4-11,13-14H,3,12H2,1-2H3,(H,26,27)(H,25,28,29). The van der Waals surface area contributed by atoms with Gasteiger partial charge in [0.2, 0.25) is 5.95 Å². The Bertz CT molecular complexity index is 1210. The molecule has 4 rings (SSSR count). The van der Waals surface area contributed by atoms with Gasteiger partial charge in [-0.25, -0.2) is 15.0 Å². The van der Waals surface area contributed by atoms with Crippen LogP contribution in [0, 0.1) is 6.92 Å². The first-order valence-corrected chi connectivity index (χ1v) is 11.0. The molecule has 0 aliphatic heterocycles. The Kier molecular flexibility index (Phi) is 6.66. The van der Waals surface area contributed by atoms with Crippen LogP contribution in [0.5, 0.6) is 0 Å². The molecule has 0 spiro atoms. The third-order valence-corrected chi connectivity index (χ3v) is 5.34. The van der Waals surface area contributed by atoms with Crippen molar-refractivity contribution in [2.45, 2.75) is 20.3 Å². The number of nitrogens with zero attached hydrogens (tertiary/aromatic N) is 4. The van der Waals surface area contributed by atoms with Crippen molar-refractivity contribution in [3.8, 4) is 11.3 Å². The quantitative estimate of drug-likeness (QED) is 0.369. The van der Waals surface area contributed by atoms with Crippen LogP contribution in [0.4, 0.5) is 22.5 Å². The van der Waals surface area contributed by atoms with Gasteiger partial charge < -0.3 is 15.4 Å². The summed E-state index contributed by atoms with van der Waals surface area (Å²) < 4.78 is 4.98. The predicted octanol–water partition coefficient (Wildman–Crippen LogP) is 4.90. The van der Waals surface area contributed by atoms with Crippen LogP contribution in [0.1, 0.15) is 18.2 Å². The van der Waals surface area contributed by atoms with Crippen LogP contribution in [0.3, 0.4) is 0 Å². The fraction of sp³-hybridized carbons (Fsp3) is 0.174. The van der Waals surface area contributed by atoms with E-state index in [0.717, 1.165) is 28.2 Å². The minimum absolute atomic E-state index is 0.164. The van der Waals surface area contributed by atoms with E-state index in [-0.39, 0.29) is 12.4 Å². The van der Waals surface area contributed by atoms with E-state index >= 15 is 0 Å². The highest BCUT2D eigenvalue weighted by Crippen LogP contribution is 2.27. The van der Waals surface area contributed by atoms with Crippen LogP contribution in [0.15, 0.2) is 60.4 Å². The number of nitrogens with one attached hydrogen (secondary N) is 2. The number of anilines is 4. The smallest absolute Gasteiger partial charge is 0.311 e. The summed E-state index contributed by atoms with van der Waals surface area (Å²) in [6.45, 7) is 4.16. The molecular formula is C23H22N6O2S. The Morgan fingerprint density at radius 2 is 2.03 bits per heavy atom. The molecule has 0 aliphatic carbocycles. The third-order valence-electron chi connectivity index (χ3n) is 4.53. The first-order chi connectivity index (χ1) is 15.6. The van der Waals surface area contributed by atoms with Gasteiger partial charge in [-0.3, -0.25) is 9.78 Å². The summed E-state index contributed by atoms with van der Waals surface area (Å²) >= 11 is 1.44. The predicted molar refractivity (Wildman–Crippen MR) is 125 cm³/mol. The van der Waals surface area contributed by atoms with Gasteiger partial charge in [0.1, 0.15) is 0 Å². The number of aromatic nitrogens is 4. The molecule has 162 valence electrons. The molecule has 2 N–H and O–H groups in total. The average molecular weight is 447 g/mol. The summed E-state index contributed by atoms with van der Waals surface area (Å²) in [5.74, 6) is 0.220. The molecule has 3 heterocycles. The van der Waals surface area contributed by atoms with Gasteiger partial charge in [0, 0.05) is 40.9 Å². The molecule has 8 nitrogen and oxygen atoms in total. The maximum atomic E-state index is 11.6. The van der Waals surface area contributed by atoms with E-state index in [1.807, 2.05) is 48.7 Å². The highest BCUT2D eigenvalue weighted by atomic mass is 32.1. The number of esters is 1. The van der Waals surface area contributed by atoms with Crippen molar-refractivity contribution in [3.63, 3.8) is 0 Å². The zero-order valence-corrected chi connectivity index (χ0v) is 18.5. The second kappa shape index (κ2) is 9.97. The van der Waals surface area contributed by atoms with E-state index in [0.29, 0.717) is 23.4 Å². The van der Waals surface area contributed by atoms with Crippen molar-refractivity contribution >= 4 is 39.8 Å². The van der Waals surface area contributed by atoms with Gasteiger partial charge in [-0.05, 0) is 49.7 Å². The van der Waals surface area contributed by atoms with Crippen molar-refractivity contribution in [1.29, 1.82) is 0 Å². The van der Waals surface area contributed by atoms with Crippen LogP contribution in [-0.4, -0.2) is 32.5 Å². The second-order valence-electron chi connectivity index (χ2n) is 6.91. The number of aryl methyl sites for hydroxylation is 1. The number of ether oxygens (including phenoxy) is 1. The number of carbonyl (C=O) groups is 1. The lowest BCUT2D eigenvalue weighted by molar-refractivity contribution is -0.142. The fourth-order valence-corrected chi connectivity index (χ4v) is 3.71. The summed E-state index contributed by atoms with van der Waals surface area (Å²) in [6.07, 6.45) is 5.38. The molecule has 3 aromatic heterocycles. The molecule has 0 amide bonds. The molecule has 0 bridgehead atoms. The Morgan fingerprint density at radius 1 is 1.12 bits per heavy atom. The minimum Gasteiger partial charge on any atom is -0.466 e. The summed E-state index contributed by atoms with van der Waals surface area (Å²) in [5.41, 5.74) is 5.18. The van der Waals surface area contributed by atoms with Crippen LogP contribution >= 0.6 is 11.3 Å². The molecule has 32 heavy (non-hydrogen) atoms. The Hall–Kier alpha value is -3.85. The lowest BCUT2D eigenvalue weighted by Crippen LogP contribution is -2.07. The van der Waals surface area contributed by atoms with E-state index in [2.05, 4.69) is 30.6 Å². The van der Waals surface area contributed by atoms with Crippen molar-refractivity contribution < 1.29 is 9.53 Å². The van der Waals surface area contributed by atoms with E-state index in [4.69, 9.17) is 4.74 Å². The van der Waals surface area contributed by atoms with Crippen LogP contribution in [0.2, 0.25) is 0 Å². The van der Waals surface area contributed by atoms with Gasteiger partial charge in [0.15, 0.2) is 5.13 Å². The highest BCUT2D eigenvalue weighted by molar-refractivity contribution is 7.13. The maximum absolute atomic E-state index is 11.6. The van der Waals surface area contributed by atoms with Gasteiger partial charge in [-0.1, -0.05) is 6.07 Å². The van der Waals surface area contributed by atoms with Crippen molar-refractivity contribution in [1.82, 2.24) is 19.9 Å². The topological polar surface area (TPSA) is 102 Å². The number of benzene rings is 1. The van der Waals surface area contributed by atoms with Crippen LogP contribution < -0.4 is 10.6 Å². The van der Waals surface area contributed by atoms with Gasteiger partial charge in [-0.2, -0.15) is 0 Å². The summed E-state index contributed by atoms with van der Waals surface area (Å²) in [4.78, 5) is 29.2. The number of hydrogen-bond donors (Lipinski definition) is 2. The molecule has 0 saturated heterocycles. The average Bonchev–Trinajstić information content (AvgIpc) is 3.23. The molecule has 0 atom stereocenters. The monoisotopic (exact) mass is 446 g/mol. The van der Waals surface area contributed by atoms with Crippen LogP contribution in [0.25, 0.3) is 11.3 Å². The number of rotatable bonds is 8. The molecular weight excluding hydrogens is 424 g/mol.